The molecule has 2 aromatic rings. The minimum Gasteiger partial charge on any atom is -0.370 e. The maximum atomic E-state index is 13.3. The summed E-state index contributed by atoms with van der Waals surface area (Å²) in [4.78, 5) is 0. The third-order valence-corrected chi connectivity index (χ3v) is 3.40. The van der Waals surface area contributed by atoms with Crippen LogP contribution in [0.2, 0.25) is 0 Å². The average Bonchev–Trinajstić information content (AvgIpc) is 2.81. The summed E-state index contributed by atoms with van der Waals surface area (Å²) in [6, 6.07) is 9.02. The Bertz CT molecular complexity index is 562. The summed E-state index contributed by atoms with van der Waals surface area (Å²) in [5.41, 5.74) is 2.06. The van der Waals surface area contributed by atoms with E-state index in [-0.39, 0.29) is 11.9 Å². The van der Waals surface area contributed by atoms with E-state index in [0.29, 0.717) is 0 Å². The zero-order valence-electron chi connectivity index (χ0n) is 10.4. The number of nitrogens with zero attached hydrogens (tertiary/aromatic N) is 2. The number of rotatable bonds is 2. The van der Waals surface area contributed by atoms with Crippen LogP contribution in [0.1, 0.15) is 30.6 Å². The number of hydrogen-bond donors (Lipinski definition) is 1. The molecule has 0 amide bonds. The number of aryl methyl sites for hydroxylation is 1. The Morgan fingerprint density at radius 3 is 3.11 bits per heavy atom. The van der Waals surface area contributed by atoms with Crippen molar-refractivity contribution in [3.8, 4) is 0 Å². The lowest BCUT2D eigenvalue weighted by molar-refractivity contribution is 0.475. The fraction of sp³-hybridized carbons (Fsp3) is 0.357. The first-order valence-corrected chi connectivity index (χ1v) is 6.35. The van der Waals surface area contributed by atoms with Gasteiger partial charge in [-0.15, -0.1) is 0 Å². The quantitative estimate of drug-likeness (QED) is 0.881. The van der Waals surface area contributed by atoms with Crippen LogP contribution in [0, 0.1) is 5.82 Å². The molecule has 94 valence electrons. The average molecular weight is 245 g/mol. The molecule has 1 atom stereocenters. The maximum Gasteiger partial charge on any atom is 0.125 e. The van der Waals surface area contributed by atoms with Crippen LogP contribution in [0.15, 0.2) is 30.3 Å². The number of benzene rings is 1. The molecule has 1 unspecified atom stereocenters. The van der Waals surface area contributed by atoms with Crippen LogP contribution in [0.25, 0.3) is 0 Å². The largest absolute Gasteiger partial charge is 0.370 e. The molecule has 3 nitrogen and oxygen atoms in total. The predicted octanol–water partition coefficient (Wildman–Crippen LogP) is 2.99. The van der Waals surface area contributed by atoms with Crippen molar-refractivity contribution < 1.29 is 4.39 Å². The third-order valence-electron chi connectivity index (χ3n) is 3.40. The summed E-state index contributed by atoms with van der Waals surface area (Å²) in [5.74, 6) is 0.850. The van der Waals surface area contributed by atoms with Gasteiger partial charge in [0.2, 0.25) is 0 Å². The molecular formula is C14H16FN3. The lowest BCUT2D eigenvalue weighted by atomic mass is 10.0. The SMILES string of the molecule is CCc1cc2n(n1)C(c1cccc(F)c1)CCN2. The van der Waals surface area contributed by atoms with Gasteiger partial charge in [-0.1, -0.05) is 19.1 Å². The van der Waals surface area contributed by atoms with Crippen molar-refractivity contribution in [2.24, 2.45) is 0 Å². The molecule has 3 rings (SSSR count). The number of aromatic nitrogens is 2. The van der Waals surface area contributed by atoms with Crippen LogP contribution in [0.5, 0.6) is 0 Å². The Morgan fingerprint density at radius 2 is 2.33 bits per heavy atom. The summed E-state index contributed by atoms with van der Waals surface area (Å²) in [6.45, 7) is 2.99. The van der Waals surface area contributed by atoms with Crippen LogP contribution < -0.4 is 5.32 Å². The topological polar surface area (TPSA) is 29.9 Å². The number of nitrogens with one attached hydrogen (secondary N) is 1. The number of anilines is 1. The van der Waals surface area contributed by atoms with Gasteiger partial charge >= 0.3 is 0 Å². The van der Waals surface area contributed by atoms with E-state index < -0.39 is 0 Å². The van der Waals surface area contributed by atoms with Gasteiger partial charge in [0.1, 0.15) is 11.6 Å². The molecule has 4 heteroatoms. The summed E-state index contributed by atoms with van der Waals surface area (Å²) in [5, 5.41) is 7.93. The van der Waals surface area contributed by atoms with Gasteiger partial charge in [-0.3, -0.25) is 0 Å². The molecule has 0 aliphatic carbocycles. The van der Waals surface area contributed by atoms with Crippen LogP contribution in [0.3, 0.4) is 0 Å². The highest BCUT2D eigenvalue weighted by Crippen LogP contribution is 2.30. The van der Waals surface area contributed by atoms with E-state index in [9.17, 15) is 4.39 Å². The monoisotopic (exact) mass is 245 g/mol. The van der Waals surface area contributed by atoms with Crippen molar-refractivity contribution in [3.05, 3.63) is 47.4 Å². The van der Waals surface area contributed by atoms with Gasteiger partial charge in [0.05, 0.1) is 11.7 Å². The minimum atomic E-state index is -0.185. The Hall–Kier alpha value is -1.84. The molecular weight excluding hydrogens is 229 g/mol. The molecule has 0 spiro atoms. The van der Waals surface area contributed by atoms with E-state index in [2.05, 4.69) is 23.4 Å². The smallest absolute Gasteiger partial charge is 0.125 e. The predicted molar refractivity (Wildman–Crippen MR) is 69.3 cm³/mol. The molecule has 18 heavy (non-hydrogen) atoms. The van der Waals surface area contributed by atoms with Crippen molar-refractivity contribution in [1.82, 2.24) is 9.78 Å². The zero-order chi connectivity index (χ0) is 12.5. The second kappa shape index (κ2) is 4.44. The number of halogens is 1. The van der Waals surface area contributed by atoms with E-state index in [0.717, 1.165) is 36.5 Å². The van der Waals surface area contributed by atoms with E-state index >= 15 is 0 Å². The Kier molecular flexibility index (Phi) is 2.78. The standard InChI is InChI=1S/C14H16FN3/c1-2-12-9-14-16-7-6-13(18(14)17-12)10-4-3-5-11(15)8-10/h3-5,8-9,13,16H,2,6-7H2,1H3. The molecule has 2 heterocycles. The normalized spacial score (nSPS) is 18.2. The van der Waals surface area contributed by atoms with Crippen LogP contribution >= 0.6 is 0 Å². The van der Waals surface area contributed by atoms with E-state index in [1.807, 2.05) is 10.7 Å². The fourth-order valence-electron chi connectivity index (χ4n) is 2.47. The van der Waals surface area contributed by atoms with E-state index in [4.69, 9.17) is 0 Å². The van der Waals surface area contributed by atoms with Gasteiger partial charge in [0.25, 0.3) is 0 Å². The first-order chi connectivity index (χ1) is 8.78. The van der Waals surface area contributed by atoms with Crippen molar-refractivity contribution in [2.45, 2.75) is 25.8 Å². The summed E-state index contributed by atoms with van der Waals surface area (Å²) >= 11 is 0. The van der Waals surface area contributed by atoms with Gasteiger partial charge in [-0.25, -0.2) is 9.07 Å². The van der Waals surface area contributed by atoms with Crippen LogP contribution in [-0.4, -0.2) is 16.3 Å². The molecule has 1 aliphatic heterocycles. The molecule has 1 N–H and O–H groups in total. The third kappa shape index (κ3) is 1.88. The van der Waals surface area contributed by atoms with Crippen molar-refractivity contribution in [3.63, 3.8) is 0 Å². The molecule has 0 radical (unpaired) electrons. The van der Waals surface area contributed by atoms with Crippen LogP contribution in [0.4, 0.5) is 10.2 Å². The highest BCUT2D eigenvalue weighted by molar-refractivity contribution is 5.41. The highest BCUT2D eigenvalue weighted by Gasteiger charge is 2.22. The second-order valence-corrected chi connectivity index (χ2v) is 4.61. The Balaban J connectivity index is 2.02. The number of hydrogen-bond acceptors (Lipinski definition) is 2. The summed E-state index contributed by atoms with van der Waals surface area (Å²) < 4.78 is 15.3. The Labute approximate surface area is 106 Å². The Morgan fingerprint density at radius 1 is 1.44 bits per heavy atom. The lowest BCUT2D eigenvalue weighted by Gasteiger charge is -2.26. The van der Waals surface area contributed by atoms with E-state index in [1.54, 1.807) is 12.1 Å². The van der Waals surface area contributed by atoms with Gasteiger partial charge < -0.3 is 5.32 Å². The molecule has 0 saturated heterocycles. The highest BCUT2D eigenvalue weighted by atomic mass is 19.1. The molecule has 0 bridgehead atoms. The van der Waals surface area contributed by atoms with E-state index in [1.165, 1.54) is 6.07 Å². The maximum absolute atomic E-state index is 13.3. The molecule has 1 aromatic heterocycles. The van der Waals surface area contributed by atoms with Gasteiger partial charge in [0, 0.05) is 12.6 Å². The first kappa shape index (κ1) is 11.3. The van der Waals surface area contributed by atoms with Crippen LogP contribution in [-0.2, 0) is 6.42 Å². The first-order valence-electron chi connectivity index (χ1n) is 6.35. The minimum absolute atomic E-state index is 0.136. The second-order valence-electron chi connectivity index (χ2n) is 4.61. The van der Waals surface area contributed by atoms with Crippen molar-refractivity contribution in [2.75, 3.05) is 11.9 Å². The molecule has 0 fully saturated rings. The lowest BCUT2D eigenvalue weighted by Crippen LogP contribution is -2.24. The molecule has 0 saturated carbocycles. The zero-order valence-corrected chi connectivity index (χ0v) is 10.4. The molecule has 1 aromatic carbocycles. The van der Waals surface area contributed by atoms with Gasteiger partial charge in [-0.05, 0) is 30.5 Å². The van der Waals surface area contributed by atoms with Crippen molar-refractivity contribution in [1.29, 1.82) is 0 Å². The van der Waals surface area contributed by atoms with Gasteiger partial charge in [-0.2, -0.15) is 5.10 Å². The fourth-order valence-corrected chi connectivity index (χ4v) is 2.47. The number of fused-ring (bicyclic) bond motifs is 1. The molecule has 1 aliphatic rings. The summed E-state index contributed by atoms with van der Waals surface area (Å²) in [6.07, 6.45) is 1.85. The summed E-state index contributed by atoms with van der Waals surface area (Å²) in [7, 11) is 0. The van der Waals surface area contributed by atoms with Gasteiger partial charge in [0.15, 0.2) is 0 Å². The van der Waals surface area contributed by atoms with Crippen molar-refractivity contribution >= 4 is 5.82 Å².